The van der Waals surface area contributed by atoms with Crippen LogP contribution in [0.2, 0.25) is 5.02 Å². The standard InChI is InChI=1S/C21H20BrClN4OS/c1-4-11-27-20(15-5-7-16(23)8-6-15)25-26-21(27)29-12-19(28)24-18-10-9-17(22)13(2)14(18)3/h4-10H,1,11-12H2,2-3H3,(H,24,28). The highest BCUT2D eigenvalue weighted by Crippen LogP contribution is 2.27. The average molecular weight is 492 g/mol. The van der Waals surface area contributed by atoms with Crippen LogP contribution in [-0.4, -0.2) is 26.4 Å². The number of carbonyl (C=O) groups excluding carboxylic acids is 1. The maximum Gasteiger partial charge on any atom is 0.234 e. The molecule has 0 saturated carbocycles. The van der Waals surface area contributed by atoms with Crippen LogP contribution in [0.4, 0.5) is 5.69 Å². The lowest BCUT2D eigenvalue weighted by atomic mass is 10.1. The Morgan fingerprint density at radius 2 is 1.93 bits per heavy atom. The number of allylic oxidation sites excluding steroid dienone is 1. The average Bonchev–Trinajstić information content (AvgIpc) is 3.10. The minimum Gasteiger partial charge on any atom is -0.325 e. The summed E-state index contributed by atoms with van der Waals surface area (Å²) in [5, 5.41) is 12.9. The van der Waals surface area contributed by atoms with Gasteiger partial charge in [-0.3, -0.25) is 9.36 Å². The molecule has 5 nitrogen and oxygen atoms in total. The second-order valence-electron chi connectivity index (χ2n) is 6.39. The third-order valence-corrected chi connectivity index (χ3v) is 6.54. The van der Waals surface area contributed by atoms with Crippen molar-refractivity contribution < 1.29 is 4.79 Å². The van der Waals surface area contributed by atoms with E-state index in [1.54, 1.807) is 6.08 Å². The smallest absolute Gasteiger partial charge is 0.234 e. The Hall–Kier alpha value is -2.09. The summed E-state index contributed by atoms with van der Waals surface area (Å²) < 4.78 is 2.96. The molecule has 0 radical (unpaired) electrons. The summed E-state index contributed by atoms with van der Waals surface area (Å²) in [5.41, 5.74) is 3.86. The van der Waals surface area contributed by atoms with E-state index in [0.717, 1.165) is 26.9 Å². The zero-order valence-corrected chi connectivity index (χ0v) is 19.2. The quantitative estimate of drug-likeness (QED) is 0.330. The molecule has 0 fully saturated rings. The lowest BCUT2D eigenvalue weighted by Gasteiger charge is -2.12. The van der Waals surface area contributed by atoms with Crippen LogP contribution in [0.15, 0.2) is 58.7 Å². The van der Waals surface area contributed by atoms with Gasteiger partial charge in [0.2, 0.25) is 5.91 Å². The van der Waals surface area contributed by atoms with Crippen LogP contribution in [0.3, 0.4) is 0 Å². The molecule has 3 rings (SSSR count). The number of halogens is 2. The molecule has 0 bridgehead atoms. The van der Waals surface area contributed by atoms with E-state index >= 15 is 0 Å². The van der Waals surface area contributed by atoms with Crippen molar-refractivity contribution in [1.82, 2.24) is 14.8 Å². The Labute approximate surface area is 187 Å². The number of benzene rings is 2. The summed E-state index contributed by atoms with van der Waals surface area (Å²) in [5.74, 6) is 0.842. The van der Waals surface area contributed by atoms with E-state index in [9.17, 15) is 4.79 Å². The summed E-state index contributed by atoms with van der Waals surface area (Å²) in [6.07, 6.45) is 1.78. The van der Waals surface area contributed by atoms with Gasteiger partial charge in [0.25, 0.3) is 0 Å². The first kappa shape index (κ1) is 21.6. The van der Waals surface area contributed by atoms with E-state index < -0.39 is 0 Å². The third kappa shape index (κ3) is 5.10. The molecule has 8 heteroatoms. The van der Waals surface area contributed by atoms with Gasteiger partial charge in [-0.15, -0.1) is 16.8 Å². The number of hydrogen-bond donors (Lipinski definition) is 1. The van der Waals surface area contributed by atoms with Crippen LogP contribution in [0.5, 0.6) is 0 Å². The van der Waals surface area contributed by atoms with Crippen molar-refractivity contribution in [1.29, 1.82) is 0 Å². The van der Waals surface area contributed by atoms with Gasteiger partial charge in [-0.05, 0) is 61.4 Å². The molecular formula is C21H20BrClN4OS. The highest BCUT2D eigenvalue weighted by atomic mass is 79.9. The zero-order valence-electron chi connectivity index (χ0n) is 16.1. The SMILES string of the molecule is C=CCn1c(SCC(=O)Nc2ccc(Br)c(C)c2C)nnc1-c1ccc(Cl)cc1. The van der Waals surface area contributed by atoms with Gasteiger partial charge in [-0.25, -0.2) is 0 Å². The first-order valence-corrected chi connectivity index (χ1v) is 11.0. The molecule has 0 aliphatic carbocycles. The molecule has 0 aliphatic rings. The van der Waals surface area contributed by atoms with Gasteiger partial charge >= 0.3 is 0 Å². The van der Waals surface area contributed by atoms with Crippen LogP contribution in [-0.2, 0) is 11.3 Å². The Kier molecular flexibility index (Phi) is 7.16. The van der Waals surface area contributed by atoms with E-state index in [0.29, 0.717) is 22.5 Å². The van der Waals surface area contributed by atoms with Gasteiger partial charge in [-0.2, -0.15) is 0 Å². The third-order valence-electron chi connectivity index (χ3n) is 4.46. The largest absolute Gasteiger partial charge is 0.325 e. The molecule has 150 valence electrons. The van der Waals surface area contributed by atoms with Crippen LogP contribution in [0.1, 0.15) is 11.1 Å². The highest BCUT2D eigenvalue weighted by molar-refractivity contribution is 9.10. The Morgan fingerprint density at radius 1 is 1.21 bits per heavy atom. The fourth-order valence-electron chi connectivity index (χ4n) is 2.74. The van der Waals surface area contributed by atoms with Gasteiger partial charge in [0.15, 0.2) is 11.0 Å². The van der Waals surface area contributed by atoms with Crippen molar-refractivity contribution in [2.24, 2.45) is 0 Å². The van der Waals surface area contributed by atoms with Crippen LogP contribution < -0.4 is 5.32 Å². The molecular weight excluding hydrogens is 472 g/mol. The maximum absolute atomic E-state index is 12.5. The monoisotopic (exact) mass is 490 g/mol. The van der Waals surface area contributed by atoms with E-state index in [1.165, 1.54) is 11.8 Å². The number of nitrogens with zero attached hydrogens (tertiary/aromatic N) is 3. The minimum atomic E-state index is -0.0963. The summed E-state index contributed by atoms with van der Waals surface area (Å²) in [6, 6.07) is 11.2. The molecule has 1 aromatic heterocycles. The molecule has 2 aromatic carbocycles. The fraction of sp³-hybridized carbons (Fsp3) is 0.190. The summed E-state index contributed by atoms with van der Waals surface area (Å²) in [4.78, 5) is 12.5. The van der Waals surface area contributed by atoms with Crippen LogP contribution in [0, 0.1) is 13.8 Å². The number of aromatic nitrogens is 3. The number of nitrogens with one attached hydrogen (secondary N) is 1. The predicted octanol–water partition coefficient (Wildman–Crippen LogP) is 5.89. The predicted molar refractivity (Wildman–Crippen MR) is 124 cm³/mol. The fourth-order valence-corrected chi connectivity index (χ4v) is 4.04. The van der Waals surface area contributed by atoms with E-state index in [-0.39, 0.29) is 11.7 Å². The lowest BCUT2D eigenvalue weighted by Crippen LogP contribution is -2.15. The summed E-state index contributed by atoms with van der Waals surface area (Å²) in [7, 11) is 0. The molecule has 0 aliphatic heterocycles. The second-order valence-corrected chi connectivity index (χ2v) is 8.63. The van der Waals surface area contributed by atoms with Crippen molar-refractivity contribution >= 4 is 50.9 Å². The molecule has 1 amide bonds. The van der Waals surface area contributed by atoms with E-state index in [1.807, 2.05) is 54.8 Å². The molecule has 1 N–H and O–H groups in total. The molecule has 3 aromatic rings. The number of thioether (sulfide) groups is 1. The molecule has 0 saturated heterocycles. The van der Waals surface area contributed by atoms with Gasteiger partial charge < -0.3 is 5.32 Å². The van der Waals surface area contributed by atoms with Gasteiger partial charge in [-0.1, -0.05) is 45.4 Å². The molecule has 29 heavy (non-hydrogen) atoms. The van der Waals surface area contributed by atoms with E-state index in [2.05, 4.69) is 38.0 Å². The number of anilines is 1. The zero-order chi connectivity index (χ0) is 21.0. The van der Waals surface area contributed by atoms with Crippen LogP contribution >= 0.6 is 39.3 Å². The van der Waals surface area contributed by atoms with Crippen molar-refractivity contribution in [3.8, 4) is 11.4 Å². The number of rotatable bonds is 7. The van der Waals surface area contributed by atoms with Crippen molar-refractivity contribution in [3.05, 3.63) is 69.7 Å². The number of carbonyl (C=O) groups is 1. The Balaban J connectivity index is 1.73. The van der Waals surface area contributed by atoms with Gasteiger partial charge in [0, 0.05) is 27.3 Å². The molecule has 0 spiro atoms. The van der Waals surface area contributed by atoms with Gasteiger partial charge in [0.1, 0.15) is 0 Å². The van der Waals surface area contributed by atoms with Crippen molar-refractivity contribution in [2.45, 2.75) is 25.5 Å². The summed E-state index contributed by atoms with van der Waals surface area (Å²) >= 11 is 10.8. The van der Waals surface area contributed by atoms with E-state index in [4.69, 9.17) is 11.6 Å². The first-order valence-electron chi connectivity index (χ1n) is 8.89. The lowest BCUT2D eigenvalue weighted by molar-refractivity contribution is -0.113. The van der Waals surface area contributed by atoms with Crippen LogP contribution in [0.25, 0.3) is 11.4 Å². The minimum absolute atomic E-state index is 0.0963. The Bertz CT molecular complexity index is 1050. The number of hydrogen-bond acceptors (Lipinski definition) is 4. The maximum atomic E-state index is 12.5. The summed E-state index contributed by atoms with van der Waals surface area (Å²) in [6.45, 7) is 8.36. The molecule has 0 unspecified atom stereocenters. The Morgan fingerprint density at radius 3 is 2.62 bits per heavy atom. The highest BCUT2D eigenvalue weighted by Gasteiger charge is 2.15. The molecule has 1 heterocycles. The normalized spacial score (nSPS) is 10.8. The van der Waals surface area contributed by atoms with Crippen molar-refractivity contribution in [3.63, 3.8) is 0 Å². The number of amides is 1. The first-order chi connectivity index (χ1) is 13.9. The topological polar surface area (TPSA) is 59.8 Å². The van der Waals surface area contributed by atoms with Crippen molar-refractivity contribution in [2.75, 3.05) is 11.1 Å². The van der Waals surface area contributed by atoms with Gasteiger partial charge in [0.05, 0.1) is 5.75 Å². The molecule has 0 atom stereocenters. The second kappa shape index (κ2) is 9.61.